The van der Waals surface area contributed by atoms with Crippen molar-refractivity contribution in [3.05, 3.63) is 48.0 Å². The molecule has 1 heterocycles. The minimum atomic E-state index is 0.396. The summed E-state index contributed by atoms with van der Waals surface area (Å²) in [6.07, 6.45) is 1.23. The van der Waals surface area contributed by atoms with Crippen molar-refractivity contribution in [1.82, 2.24) is 9.99 Å². The minimum absolute atomic E-state index is 0.396. The van der Waals surface area contributed by atoms with Crippen LogP contribution in [0.25, 0.3) is 10.8 Å². The van der Waals surface area contributed by atoms with Crippen molar-refractivity contribution in [2.45, 2.75) is 25.4 Å². The highest BCUT2D eigenvalue weighted by atomic mass is 31.0. The van der Waals surface area contributed by atoms with Gasteiger partial charge in [-0.15, -0.1) is 0 Å². The van der Waals surface area contributed by atoms with Crippen LogP contribution in [-0.2, 0) is 0 Å². The molecule has 0 aromatic heterocycles. The van der Waals surface area contributed by atoms with Gasteiger partial charge in [-0.3, -0.25) is 4.67 Å². The average Bonchev–Trinajstić information content (AvgIpc) is 2.83. The van der Waals surface area contributed by atoms with Gasteiger partial charge < -0.3 is 5.32 Å². The zero-order valence-corrected chi connectivity index (χ0v) is 12.5. The molecule has 0 aliphatic carbocycles. The lowest BCUT2D eigenvalue weighted by atomic mass is 9.99. The van der Waals surface area contributed by atoms with Gasteiger partial charge in [-0.25, -0.2) is 0 Å². The Bertz CT molecular complexity index is 564. The molecule has 2 aromatic carbocycles. The van der Waals surface area contributed by atoms with Gasteiger partial charge in [0.15, 0.2) is 0 Å². The van der Waals surface area contributed by atoms with Gasteiger partial charge >= 0.3 is 0 Å². The molecule has 3 rings (SSSR count). The molecule has 1 aliphatic rings. The van der Waals surface area contributed by atoms with E-state index in [4.69, 9.17) is 0 Å². The van der Waals surface area contributed by atoms with Gasteiger partial charge in [0.25, 0.3) is 0 Å². The Labute approximate surface area is 117 Å². The maximum absolute atomic E-state index is 3.76. The molecule has 0 radical (unpaired) electrons. The van der Waals surface area contributed by atoms with Crippen LogP contribution in [0.3, 0.4) is 0 Å². The number of hydrogen-bond donors (Lipinski definition) is 1. The van der Waals surface area contributed by atoms with E-state index in [1.807, 2.05) is 0 Å². The minimum Gasteiger partial charge on any atom is -0.306 e. The molecule has 0 saturated carbocycles. The molecule has 0 spiro atoms. The molecule has 1 N–H and O–H groups in total. The summed E-state index contributed by atoms with van der Waals surface area (Å²) in [6.45, 7) is 4.57. The Morgan fingerprint density at radius 1 is 1.21 bits per heavy atom. The van der Waals surface area contributed by atoms with E-state index >= 15 is 0 Å². The summed E-state index contributed by atoms with van der Waals surface area (Å²) < 4.78 is 2.31. The number of nitrogens with zero attached hydrogens (tertiary/aromatic N) is 1. The van der Waals surface area contributed by atoms with Crippen LogP contribution in [0.4, 0.5) is 0 Å². The second-order valence-corrected chi connectivity index (χ2v) is 6.17. The van der Waals surface area contributed by atoms with E-state index in [0.29, 0.717) is 12.1 Å². The first-order chi connectivity index (χ1) is 9.24. The summed E-state index contributed by atoms with van der Waals surface area (Å²) in [4.78, 5) is 0. The highest BCUT2D eigenvalue weighted by Gasteiger charge is 2.21. The van der Waals surface area contributed by atoms with Crippen LogP contribution in [0, 0.1) is 0 Å². The van der Waals surface area contributed by atoms with Gasteiger partial charge in [0.05, 0.1) is 0 Å². The zero-order chi connectivity index (χ0) is 13.2. The summed E-state index contributed by atoms with van der Waals surface area (Å²) in [5.41, 5.74) is 1.40. The molecule has 0 amide bonds. The lowest BCUT2D eigenvalue weighted by Gasteiger charge is -2.21. The van der Waals surface area contributed by atoms with Gasteiger partial charge in [0, 0.05) is 25.2 Å². The van der Waals surface area contributed by atoms with E-state index in [1.165, 1.54) is 29.3 Å². The molecule has 1 fully saturated rings. The van der Waals surface area contributed by atoms with Gasteiger partial charge in [-0.2, -0.15) is 0 Å². The molecule has 1 unspecified atom stereocenters. The number of hydrogen-bond acceptors (Lipinski definition) is 2. The first-order valence-electron chi connectivity index (χ1n) is 6.97. The van der Waals surface area contributed by atoms with Crippen molar-refractivity contribution in [3.63, 3.8) is 0 Å². The Morgan fingerprint density at radius 3 is 2.79 bits per heavy atom. The normalized spacial score (nSPS) is 21.9. The van der Waals surface area contributed by atoms with Crippen molar-refractivity contribution in [2.75, 3.05) is 13.1 Å². The topological polar surface area (TPSA) is 15.3 Å². The van der Waals surface area contributed by atoms with Crippen LogP contribution in [0.1, 0.15) is 24.9 Å². The van der Waals surface area contributed by atoms with Gasteiger partial charge in [-0.05, 0) is 29.7 Å². The Morgan fingerprint density at radius 2 is 2.00 bits per heavy atom. The van der Waals surface area contributed by atoms with E-state index in [-0.39, 0.29) is 0 Å². The van der Waals surface area contributed by atoms with Crippen LogP contribution in [-0.4, -0.2) is 23.8 Å². The van der Waals surface area contributed by atoms with Crippen LogP contribution >= 0.6 is 9.39 Å². The molecular weight excluding hydrogens is 251 g/mol. The van der Waals surface area contributed by atoms with E-state index in [9.17, 15) is 0 Å². The van der Waals surface area contributed by atoms with Gasteiger partial charge in [-0.1, -0.05) is 51.9 Å². The second kappa shape index (κ2) is 5.58. The summed E-state index contributed by atoms with van der Waals surface area (Å²) in [6, 6.07) is 16.2. The quantitative estimate of drug-likeness (QED) is 0.862. The zero-order valence-electron chi connectivity index (χ0n) is 11.3. The fourth-order valence-corrected chi connectivity index (χ4v) is 3.40. The molecule has 2 nitrogen and oxygen atoms in total. The summed E-state index contributed by atoms with van der Waals surface area (Å²) in [5.74, 6) is 0. The number of nitrogens with one attached hydrogen (secondary N) is 1. The molecule has 0 bridgehead atoms. The van der Waals surface area contributed by atoms with Gasteiger partial charge in [0.1, 0.15) is 0 Å². The second-order valence-electron chi connectivity index (χ2n) is 5.44. The first-order valence-corrected chi connectivity index (χ1v) is 7.49. The molecule has 2 aromatic rings. The van der Waals surface area contributed by atoms with E-state index in [1.54, 1.807) is 0 Å². The fraction of sp³-hybridized carbons (Fsp3) is 0.375. The van der Waals surface area contributed by atoms with Crippen LogP contribution in [0.5, 0.6) is 0 Å². The van der Waals surface area contributed by atoms with Crippen molar-refractivity contribution in [3.8, 4) is 0 Å². The first kappa shape index (κ1) is 13.1. The predicted octanol–water partition coefficient (Wildman–Crippen LogP) is 3.35. The molecule has 3 atom stereocenters. The number of fused-ring (bicyclic) bond motifs is 1. The summed E-state index contributed by atoms with van der Waals surface area (Å²) in [5, 5.41) is 6.46. The van der Waals surface area contributed by atoms with Gasteiger partial charge in [0.2, 0.25) is 0 Å². The van der Waals surface area contributed by atoms with E-state index in [2.05, 4.69) is 68.8 Å². The largest absolute Gasteiger partial charge is 0.306 e. The van der Waals surface area contributed by atoms with E-state index < -0.39 is 0 Å². The number of rotatable bonds is 3. The van der Waals surface area contributed by atoms with Crippen molar-refractivity contribution >= 4 is 20.2 Å². The SMILES string of the molecule is C[C@@H](N[C@H]1CCN(P)C1)c1cccc2ccccc12. The van der Waals surface area contributed by atoms with E-state index in [0.717, 1.165) is 6.54 Å². The third-order valence-corrected chi connectivity index (χ3v) is 4.46. The number of benzene rings is 2. The Balaban J connectivity index is 1.83. The van der Waals surface area contributed by atoms with Crippen molar-refractivity contribution in [2.24, 2.45) is 0 Å². The highest BCUT2D eigenvalue weighted by Crippen LogP contribution is 2.25. The van der Waals surface area contributed by atoms with Crippen molar-refractivity contribution in [1.29, 1.82) is 0 Å². The third-order valence-electron chi connectivity index (χ3n) is 4.00. The van der Waals surface area contributed by atoms with Crippen LogP contribution in [0.2, 0.25) is 0 Å². The maximum atomic E-state index is 3.76. The molecular formula is C16H21N2P. The predicted molar refractivity (Wildman–Crippen MR) is 85.2 cm³/mol. The smallest absolute Gasteiger partial charge is 0.0301 e. The third kappa shape index (κ3) is 2.81. The lowest BCUT2D eigenvalue weighted by molar-refractivity contribution is 0.461. The molecule has 100 valence electrons. The van der Waals surface area contributed by atoms with Crippen molar-refractivity contribution < 1.29 is 0 Å². The fourth-order valence-electron chi connectivity index (χ4n) is 2.99. The highest BCUT2D eigenvalue weighted by molar-refractivity contribution is 7.13. The maximum Gasteiger partial charge on any atom is 0.0301 e. The molecule has 3 heteroatoms. The molecule has 1 aliphatic heterocycles. The molecule has 1 saturated heterocycles. The van der Waals surface area contributed by atoms with Crippen LogP contribution in [0.15, 0.2) is 42.5 Å². The molecule has 19 heavy (non-hydrogen) atoms. The van der Waals surface area contributed by atoms with Crippen LogP contribution < -0.4 is 5.32 Å². The Hall–Kier alpha value is -0.950. The standard InChI is InChI=1S/C16H21N2P/c1-12(17-14-9-10-18(19)11-14)15-8-4-6-13-5-2-3-7-16(13)15/h2-8,12,14,17H,9-11,19H2,1H3/t12-,14+/m1/s1. The lowest BCUT2D eigenvalue weighted by Crippen LogP contribution is -2.32. The Kier molecular flexibility index (Phi) is 3.83. The summed E-state index contributed by atoms with van der Waals surface area (Å²) in [7, 11) is 2.80. The summed E-state index contributed by atoms with van der Waals surface area (Å²) >= 11 is 0. The monoisotopic (exact) mass is 272 g/mol. The average molecular weight is 272 g/mol.